The Morgan fingerprint density at radius 3 is 2.53 bits per heavy atom. The second kappa shape index (κ2) is 5.89. The standard InChI is InChI=1S/C17H20O2/c1-12-8-9-17(16(10-12)14(3)18)19-11-15-7-5-4-6-13(15)2/h4-10,14,18H,11H2,1-3H3/t14-/m0/s1. The van der Waals surface area contributed by atoms with Gasteiger partial charge in [-0.05, 0) is 44.0 Å². The molecule has 0 aliphatic heterocycles. The number of hydrogen-bond acceptors (Lipinski definition) is 2. The molecule has 2 nitrogen and oxygen atoms in total. The van der Waals surface area contributed by atoms with Gasteiger partial charge in [-0.15, -0.1) is 0 Å². The molecule has 2 aromatic rings. The van der Waals surface area contributed by atoms with Crippen LogP contribution < -0.4 is 4.74 Å². The van der Waals surface area contributed by atoms with Gasteiger partial charge < -0.3 is 9.84 Å². The topological polar surface area (TPSA) is 29.5 Å². The highest BCUT2D eigenvalue weighted by molar-refractivity contribution is 5.38. The Morgan fingerprint density at radius 1 is 1.11 bits per heavy atom. The molecule has 19 heavy (non-hydrogen) atoms. The van der Waals surface area contributed by atoms with Crippen molar-refractivity contribution in [3.05, 3.63) is 64.7 Å². The van der Waals surface area contributed by atoms with Crippen molar-refractivity contribution in [3.8, 4) is 5.75 Å². The molecular formula is C17H20O2. The summed E-state index contributed by atoms with van der Waals surface area (Å²) in [5.41, 5.74) is 4.35. The zero-order valence-electron chi connectivity index (χ0n) is 11.7. The van der Waals surface area contributed by atoms with Crippen LogP contribution >= 0.6 is 0 Å². The van der Waals surface area contributed by atoms with Crippen LogP contribution in [0.4, 0.5) is 0 Å². The summed E-state index contributed by atoms with van der Waals surface area (Å²) in [5, 5.41) is 9.80. The summed E-state index contributed by atoms with van der Waals surface area (Å²) in [7, 11) is 0. The van der Waals surface area contributed by atoms with Crippen molar-refractivity contribution in [2.45, 2.75) is 33.5 Å². The van der Waals surface area contributed by atoms with E-state index in [1.54, 1.807) is 6.92 Å². The molecule has 0 aliphatic carbocycles. The fourth-order valence-electron chi connectivity index (χ4n) is 2.05. The minimum Gasteiger partial charge on any atom is -0.489 e. The van der Waals surface area contributed by atoms with Crippen molar-refractivity contribution in [2.75, 3.05) is 0 Å². The molecule has 1 atom stereocenters. The van der Waals surface area contributed by atoms with Crippen LogP contribution in [0.25, 0.3) is 0 Å². The number of rotatable bonds is 4. The van der Waals surface area contributed by atoms with Crippen LogP contribution in [0.2, 0.25) is 0 Å². The predicted octanol–water partition coefficient (Wildman–Crippen LogP) is 3.94. The molecule has 0 fully saturated rings. The summed E-state index contributed by atoms with van der Waals surface area (Å²) < 4.78 is 5.86. The number of benzene rings is 2. The molecule has 2 heteroatoms. The van der Waals surface area contributed by atoms with E-state index in [1.165, 1.54) is 11.1 Å². The van der Waals surface area contributed by atoms with E-state index in [1.807, 2.05) is 37.3 Å². The van der Waals surface area contributed by atoms with Gasteiger partial charge in [0.05, 0.1) is 6.10 Å². The van der Waals surface area contributed by atoms with Gasteiger partial charge in [-0.2, -0.15) is 0 Å². The maximum absolute atomic E-state index is 9.80. The van der Waals surface area contributed by atoms with Gasteiger partial charge in [0.2, 0.25) is 0 Å². The maximum atomic E-state index is 9.80. The monoisotopic (exact) mass is 256 g/mol. The van der Waals surface area contributed by atoms with Crippen molar-refractivity contribution >= 4 is 0 Å². The normalized spacial score (nSPS) is 12.2. The molecule has 0 heterocycles. The van der Waals surface area contributed by atoms with Crippen molar-refractivity contribution in [1.29, 1.82) is 0 Å². The summed E-state index contributed by atoms with van der Waals surface area (Å²) in [6, 6.07) is 14.1. The van der Waals surface area contributed by atoms with E-state index < -0.39 is 6.10 Å². The predicted molar refractivity (Wildman–Crippen MR) is 77.3 cm³/mol. The molecule has 2 aromatic carbocycles. The Labute approximate surface area is 114 Å². The number of aliphatic hydroxyl groups excluding tert-OH is 1. The average Bonchev–Trinajstić information content (AvgIpc) is 2.38. The quantitative estimate of drug-likeness (QED) is 0.898. The molecule has 1 N–H and O–H groups in total. The van der Waals surface area contributed by atoms with Crippen LogP contribution in [0.1, 0.15) is 35.3 Å². The van der Waals surface area contributed by atoms with Gasteiger partial charge in [0.25, 0.3) is 0 Å². The van der Waals surface area contributed by atoms with Crippen molar-refractivity contribution < 1.29 is 9.84 Å². The van der Waals surface area contributed by atoms with Gasteiger partial charge in [-0.25, -0.2) is 0 Å². The molecule has 0 bridgehead atoms. The highest BCUT2D eigenvalue weighted by atomic mass is 16.5. The van der Waals surface area contributed by atoms with Gasteiger partial charge in [-0.3, -0.25) is 0 Å². The number of hydrogen-bond donors (Lipinski definition) is 1. The summed E-state index contributed by atoms with van der Waals surface area (Å²) in [6.07, 6.45) is -0.522. The van der Waals surface area contributed by atoms with E-state index in [2.05, 4.69) is 19.1 Å². The van der Waals surface area contributed by atoms with Gasteiger partial charge in [-0.1, -0.05) is 35.9 Å². The fraction of sp³-hybridized carbons (Fsp3) is 0.294. The molecule has 0 radical (unpaired) electrons. The molecule has 0 saturated carbocycles. The Kier molecular flexibility index (Phi) is 4.23. The van der Waals surface area contributed by atoms with Crippen LogP contribution in [-0.4, -0.2) is 5.11 Å². The lowest BCUT2D eigenvalue weighted by molar-refractivity contribution is 0.190. The second-order valence-electron chi connectivity index (χ2n) is 4.93. The van der Waals surface area contributed by atoms with Crippen LogP contribution in [0, 0.1) is 13.8 Å². The first-order valence-electron chi connectivity index (χ1n) is 6.54. The molecule has 0 saturated heterocycles. The molecular weight excluding hydrogens is 236 g/mol. The number of aryl methyl sites for hydroxylation is 2. The minimum absolute atomic E-state index is 0.522. The smallest absolute Gasteiger partial charge is 0.125 e. The Hall–Kier alpha value is -1.80. The number of ether oxygens (including phenoxy) is 1. The van der Waals surface area contributed by atoms with E-state index in [9.17, 15) is 5.11 Å². The van der Waals surface area contributed by atoms with E-state index in [-0.39, 0.29) is 0 Å². The minimum atomic E-state index is -0.522. The summed E-state index contributed by atoms with van der Waals surface area (Å²) >= 11 is 0. The first-order valence-corrected chi connectivity index (χ1v) is 6.54. The zero-order valence-corrected chi connectivity index (χ0v) is 11.7. The lowest BCUT2D eigenvalue weighted by atomic mass is 10.1. The van der Waals surface area contributed by atoms with Crippen LogP contribution in [0.3, 0.4) is 0 Å². The Bertz CT molecular complexity index is 559. The van der Waals surface area contributed by atoms with E-state index in [4.69, 9.17) is 4.74 Å². The highest BCUT2D eigenvalue weighted by Gasteiger charge is 2.10. The molecule has 100 valence electrons. The van der Waals surface area contributed by atoms with Crippen LogP contribution in [0.15, 0.2) is 42.5 Å². The number of aliphatic hydroxyl groups is 1. The SMILES string of the molecule is Cc1ccc(OCc2ccccc2C)c([C@H](C)O)c1. The summed E-state index contributed by atoms with van der Waals surface area (Å²) in [4.78, 5) is 0. The zero-order chi connectivity index (χ0) is 13.8. The molecule has 0 spiro atoms. The van der Waals surface area contributed by atoms with Gasteiger partial charge in [0.15, 0.2) is 0 Å². The van der Waals surface area contributed by atoms with Crippen LogP contribution in [-0.2, 0) is 6.61 Å². The van der Waals surface area contributed by atoms with Crippen molar-refractivity contribution in [2.24, 2.45) is 0 Å². The third-order valence-corrected chi connectivity index (χ3v) is 3.26. The van der Waals surface area contributed by atoms with Crippen molar-refractivity contribution in [1.82, 2.24) is 0 Å². The average molecular weight is 256 g/mol. The van der Waals surface area contributed by atoms with Gasteiger partial charge in [0.1, 0.15) is 12.4 Å². The Morgan fingerprint density at radius 2 is 1.84 bits per heavy atom. The largest absolute Gasteiger partial charge is 0.489 e. The molecule has 0 aromatic heterocycles. The van der Waals surface area contributed by atoms with E-state index in [0.717, 1.165) is 16.9 Å². The second-order valence-corrected chi connectivity index (χ2v) is 4.93. The van der Waals surface area contributed by atoms with E-state index >= 15 is 0 Å². The third-order valence-electron chi connectivity index (χ3n) is 3.26. The first kappa shape index (κ1) is 13.6. The molecule has 0 amide bonds. The molecule has 2 rings (SSSR count). The lowest BCUT2D eigenvalue weighted by Gasteiger charge is -2.15. The third kappa shape index (κ3) is 3.36. The Balaban J connectivity index is 2.18. The maximum Gasteiger partial charge on any atom is 0.125 e. The molecule has 0 unspecified atom stereocenters. The van der Waals surface area contributed by atoms with Crippen LogP contribution in [0.5, 0.6) is 5.75 Å². The lowest BCUT2D eigenvalue weighted by Crippen LogP contribution is -2.02. The van der Waals surface area contributed by atoms with Gasteiger partial charge in [0, 0.05) is 5.56 Å². The first-order chi connectivity index (χ1) is 9.08. The van der Waals surface area contributed by atoms with E-state index in [0.29, 0.717) is 6.61 Å². The molecule has 0 aliphatic rings. The summed E-state index contributed by atoms with van der Waals surface area (Å²) in [5.74, 6) is 0.754. The van der Waals surface area contributed by atoms with Crippen molar-refractivity contribution in [3.63, 3.8) is 0 Å². The van der Waals surface area contributed by atoms with Gasteiger partial charge >= 0.3 is 0 Å². The highest BCUT2D eigenvalue weighted by Crippen LogP contribution is 2.27. The summed E-state index contributed by atoms with van der Waals surface area (Å²) in [6.45, 7) is 6.37. The fourth-order valence-corrected chi connectivity index (χ4v) is 2.05.